The fourth-order valence-corrected chi connectivity index (χ4v) is 1.05. The van der Waals surface area contributed by atoms with Crippen LogP contribution in [0.4, 0.5) is 0 Å². The van der Waals surface area contributed by atoms with E-state index >= 15 is 0 Å². The number of nitrogens with zero attached hydrogens (tertiary/aromatic N) is 1. The molecule has 0 saturated carbocycles. The van der Waals surface area contributed by atoms with Gasteiger partial charge in [-0.05, 0) is 18.3 Å². The molecule has 0 spiro atoms. The van der Waals surface area contributed by atoms with E-state index in [2.05, 4.69) is 9.97 Å². The smallest absolute Gasteiger partial charge is 0.350 e. The molecule has 0 radical (unpaired) electrons. The van der Waals surface area contributed by atoms with Gasteiger partial charge >= 0.3 is 29.6 Å². The molecule has 1 heterocycles. The van der Waals surface area contributed by atoms with Crippen LogP contribution in [0.1, 0.15) is 12.0 Å². The zero-order chi connectivity index (χ0) is 8.97. The van der Waals surface area contributed by atoms with Crippen molar-refractivity contribution in [1.29, 1.82) is 0 Å². The van der Waals surface area contributed by atoms with Crippen LogP contribution in [0.25, 0.3) is 0 Å². The Morgan fingerprint density at radius 2 is 2.08 bits per heavy atom. The Morgan fingerprint density at radius 3 is 2.54 bits per heavy atom. The van der Waals surface area contributed by atoms with Crippen molar-refractivity contribution in [1.82, 2.24) is 9.97 Å². The minimum Gasteiger partial charge on any atom is -0.350 e. The molecule has 0 saturated heterocycles. The van der Waals surface area contributed by atoms with Gasteiger partial charge in [0.15, 0.2) is 11.1 Å². The Balaban J connectivity index is 0.00000144. The SMILES string of the molecule is COC(OC)c1ccnc(=S)[nH]1.[Na+]. The topological polar surface area (TPSA) is 47.1 Å². The van der Waals surface area contributed by atoms with Gasteiger partial charge in [-0.15, -0.1) is 0 Å². The molecular formula is C7H10N2NaO2S+. The maximum atomic E-state index is 5.01. The summed E-state index contributed by atoms with van der Waals surface area (Å²) in [5.41, 5.74) is 0.764. The molecule has 0 aliphatic carbocycles. The van der Waals surface area contributed by atoms with E-state index in [-0.39, 0.29) is 29.6 Å². The van der Waals surface area contributed by atoms with Crippen LogP contribution < -0.4 is 29.6 Å². The minimum atomic E-state index is -0.408. The number of aromatic nitrogens is 2. The van der Waals surface area contributed by atoms with Crippen molar-refractivity contribution in [2.45, 2.75) is 6.29 Å². The Hall–Kier alpha value is 0.220. The summed E-state index contributed by atoms with van der Waals surface area (Å²) in [6.07, 6.45) is 1.20. The molecule has 66 valence electrons. The van der Waals surface area contributed by atoms with Gasteiger partial charge < -0.3 is 14.5 Å². The fraction of sp³-hybridized carbons (Fsp3) is 0.429. The molecule has 0 aliphatic rings. The van der Waals surface area contributed by atoms with E-state index in [0.29, 0.717) is 4.77 Å². The summed E-state index contributed by atoms with van der Waals surface area (Å²) < 4.78 is 10.4. The third-order valence-corrected chi connectivity index (χ3v) is 1.59. The number of hydrogen-bond donors (Lipinski definition) is 1. The molecule has 1 aromatic heterocycles. The fourth-order valence-electron chi connectivity index (χ4n) is 0.870. The summed E-state index contributed by atoms with van der Waals surface area (Å²) in [7, 11) is 3.12. The van der Waals surface area contributed by atoms with Crippen molar-refractivity contribution in [2.24, 2.45) is 0 Å². The van der Waals surface area contributed by atoms with Crippen LogP contribution in [-0.2, 0) is 9.47 Å². The van der Waals surface area contributed by atoms with Crippen molar-refractivity contribution < 1.29 is 39.0 Å². The van der Waals surface area contributed by atoms with Gasteiger partial charge in [0.05, 0.1) is 5.69 Å². The monoisotopic (exact) mass is 209 g/mol. The minimum absolute atomic E-state index is 0. The zero-order valence-electron chi connectivity index (χ0n) is 7.90. The van der Waals surface area contributed by atoms with Crippen molar-refractivity contribution >= 4 is 12.2 Å². The number of H-pyrrole nitrogens is 1. The van der Waals surface area contributed by atoms with Gasteiger partial charge in [0.25, 0.3) is 0 Å². The van der Waals surface area contributed by atoms with Gasteiger partial charge in [0.2, 0.25) is 0 Å². The van der Waals surface area contributed by atoms with Crippen molar-refractivity contribution in [2.75, 3.05) is 14.2 Å². The Morgan fingerprint density at radius 1 is 1.46 bits per heavy atom. The van der Waals surface area contributed by atoms with Gasteiger partial charge in [0.1, 0.15) is 0 Å². The van der Waals surface area contributed by atoms with Crippen LogP contribution >= 0.6 is 12.2 Å². The Labute approximate surface area is 104 Å². The summed E-state index contributed by atoms with van der Waals surface area (Å²) in [6.45, 7) is 0. The maximum Gasteiger partial charge on any atom is 1.00 e. The third-order valence-electron chi connectivity index (χ3n) is 1.38. The number of rotatable bonds is 3. The van der Waals surface area contributed by atoms with E-state index < -0.39 is 6.29 Å². The molecule has 1 rings (SSSR count). The second-order valence-electron chi connectivity index (χ2n) is 2.13. The first-order valence-corrected chi connectivity index (χ1v) is 3.79. The van der Waals surface area contributed by atoms with E-state index in [1.807, 2.05) is 0 Å². The molecule has 0 atom stereocenters. The van der Waals surface area contributed by atoms with Gasteiger partial charge in [-0.25, -0.2) is 4.98 Å². The number of aromatic amines is 1. The van der Waals surface area contributed by atoms with E-state index in [1.54, 1.807) is 26.5 Å². The molecule has 13 heavy (non-hydrogen) atoms. The average Bonchev–Trinajstić information content (AvgIpc) is 2.07. The second kappa shape index (κ2) is 6.64. The first kappa shape index (κ1) is 13.2. The quantitative estimate of drug-likeness (QED) is 0.371. The molecular weight excluding hydrogens is 199 g/mol. The first-order valence-electron chi connectivity index (χ1n) is 3.38. The van der Waals surface area contributed by atoms with E-state index in [4.69, 9.17) is 21.7 Å². The number of methoxy groups -OCH3 is 2. The number of nitrogens with one attached hydrogen (secondary N) is 1. The van der Waals surface area contributed by atoms with Gasteiger partial charge in [-0.3, -0.25) is 0 Å². The van der Waals surface area contributed by atoms with Crippen LogP contribution in [0, 0.1) is 4.77 Å². The molecule has 1 N–H and O–H groups in total. The van der Waals surface area contributed by atoms with Gasteiger partial charge in [-0.2, -0.15) is 0 Å². The summed E-state index contributed by atoms with van der Waals surface area (Å²) >= 11 is 4.84. The Bertz CT molecular complexity index is 301. The number of ether oxygens (including phenoxy) is 2. The molecule has 0 bridgehead atoms. The summed E-state index contributed by atoms with van der Waals surface area (Å²) in [4.78, 5) is 6.70. The van der Waals surface area contributed by atoms with Crippen LogP contribution in [0.5, 0.6) is 0 Å². The predicted octanol–water partition coefficient (Wildman–Crippen LogP) is -1.57. The van der Waals surface area contributed by atoms with Gasteiger partial charge in [0, 0.05) is 20.4 Å². The Kier molecular flexibility index (Phi) is 6.75. The molecule has 4 nitrogen and oxygen atoms in total. The third kappa shape index (κ3) is 3.84. The average molecular weight is 209 g/mol. The first-order chi connectivity index (χ1) is 5.77. The van der Waals surface area contributed by atoms with E-state index in [0.717, 1.165) is 5.69 Å². The normalized spacial score (nSPS) is 9.77. The van der Waals surface area contributed by atoms with Crippen molar-refractivity contribution in [3.8, 4) is 0 Å². The summed E-state index contributed by atoms with van der Waals surface area (Å²) in [5.74, 6) is 0. The van der Waals surface area contributed by atoms with Crippen LogP contribution in [0.2, 0.25) is 0 Å². The molecule has 1 aromatic rings. The number of hydrogen-bond acceptors (Lipinski definition) is 4. The molecule has 0 aromatic carbocycles. The molecule has 0 aliphatic heterocycles. The second-order valence-corrected chi connectivity index (χ2v) is 2.52. The molecule has 0 unspecified atom stereocenters. The van der Waals surface area contributed by atoms with E-state index in [9.17, 15) is 0 Å². The molecule has 6 heteroatoms. The molecule has 0 amide bonds. The molecule has 0 fully saturated rings. The van der Waals surface area contributed by atoms with Crippen molar-refractivity contribution in [3.63, 3.8) is 0 Å². The predicted molar refractivity (Wildman–Crippen MR) is 46.2 cm³/mol. The van der Waals surface area contributed by atoms with Gasteiger partial charge in [-0.1, -0.05) is 0 Å². The standard InChI is InChI=1S/C7H10N2O2S.Na/c1-10-6(11-2)5-3-4-8-7(12)9-5;/h3-4,6H,1-2H3,(H,8,9,12);/q;+1. The van der Waals surface area contributed by atoms with Crippen molar-refractivity contribution in [3.05, 3.63) is 22.7 Å². The van der Waals surface area contributed by atoms with E-state index in [1.165, 1.54) is 0 Å². The largest absolute Gasteiger partial charge is 1.00 e. The summed E-state index contributed by atoms with van der Waals surface area (Å²) in [5, 5.41) is 0. The van der Waals surface area contributed by atoms with Crippen LogP contribution in [0.15, 0.2) is 12.3 Å². The summed E-state index contributed by atoms with van der Waals surface area (Å²) in [6, 6.07) is 1.76. The zero-order valence-corrected chi connectivity index (χ0v) is 10.7. The maximum absolute atomic E-state index is 5.01. The van der Waals surface area contributed by atoms with Crippen LogP contribution in [0.3, 0.4) is 0 Å². The van der Waals surface area contributed by atoms with Crippen LogP contribution in [-0.4, -0.2) is 24.2 Å².